The molecule has 0 atom stereocenters. The molecule has 0 aromatic heterocycles. The summed E-state index contributed by atoms with van der Waals surface area (Å²) in [7, 11) is -9.47. The average Bonchev–Trinajstić information content (AvgIpc) is 3.93. The fraction of sp³-hybridized carbons (Fsp3) is 0.460. The maximum absolute atomic E-state index is 12.4. The van der Waals surface area contributed by atoms with Crippen LogP contribution in [0.5, 0.6) is 0 Å². The first-order valence-corrected chi connectivity index (χ1v) is 26.3. The summed E-state index contributed by atoms with van der Waals surface area (Å²) >= 11 is 0. The van der Waals surface area contributed by atoms with E-state index in [-0.39, 0.29) is 99.7 Å². The summed E-state index contributed by atoms with van der Waals surface area (Å²) in [5.41, 5.74) is 5.29. The molecule has 7 rings (SSSR count). The zero-order chi connectivity index (χ0) is 50.8. The number of fused-ring (bicyclic) bond motifs is 2. The Balaban J connectivity index is 0.00000825. The van der Waals surface area contributed by atoms with Crippen LogP contribution in [0.15, 0.2) is 93.4 Å². The summed E-state index contributed by atoms with van der Waals surface area (Å²) in [5, 5.41) is 1.07. The second kappa shape index (κ2) is 22.8. The summed E-state index contributed by atoms with van der Waals surface area (Å²) in [6, 6.07) is 8.78. The maximum atomic E-state index is 12.4. The van der Waals surface area contributed by atoms with Crippen LogP contribution >= 0.6 is 0 Å². The van der Waals surface area contributed by atoms with Gasteiger partial charge in [-0.05, 0) is 112 Å². The number of imide groups is 2. The Hall–Kier alpha value is -4.45. The minimum absolute atomic E-state index is 0. The number of hydrogen-bond acceptors (Lipinski definition) is 15. The van der Waals surface area contributed by atoms with Gasteiger partial charge in [-0.15, -0.1) is 10.1 Å². The van der Waals surface area contributed by atoms with Gasteiger partial charge in [0, 0.05) is 86.0 Å². The predicted octanol–water partition coefficient (Wildman–Crippen LogP) is 3.48. The van der Waals surface area contributed by atoms with Crippen molar-refractivity contribution in [3.63, 3.8) is 0 Å². The topological polar surface area (TPSA) is 248 Å². The van der Waals surface area contributed by atoms with Crippen LogP contribution in [0.4, 0.5) is 11.4 Å². The van der Waals surface area contributed by atoms with Gasteiger partial charge < -0.3 is 23.7 Å². The SMILES string of the molecule is CC1(C)C(/C=C/C2=CC(=C/C=C3/N(CCCCCC(=O)ON4C(=O)CCC4=O)c4ccc(S(=O)(=O)[O-])cc4C3(C)C)/CCC2)=[N+](CCCCCC(=O)ON2C(=O)CCC2=O)c2ccc(S(=O)(=O)[O-])cc21.[K+]. The van der Waals surface area contributed by atoms with Crippen molar-refractivity contribution in [3.05, 3.63) is 94.7 Å². The number of carbonyl (C=O) groups is 6. The zero-order valence-corrected chi connectivity index (χ0v) is 45.4. The van der Waals surface area contributed by atoms with Crippen LogP contribution in [0.1, 0.15) is 135 Å². The van der Waals surface area contributed by atoms with Gasteiger partial charge in [0.15, 0.2) is 5.71 Å². The molecule has 0 N–H and O–H groups in total. The summed E-state index contributed by atoms with van der Waals surface area (Å²) in [5.74, 6) is -3.52. The number of amides is 4. The van der Waals surface area contributed by atoms with E-state index in [0.29, 0.717) is 72.9 Å². The Bertz CT molecular complexity index is 2890. The fourth-order valence-electron chi connectivity index (χ4n) is 9.66. The van der Waals surface area contributed by atoms with Gasteiger partial charge in [0.05, 0.1) is 15.2 Å². The fourth-order valence-corrected chi connectivity index (χ4v) is 10.7. The maximum Gasteiger partial charge on any atom is 1.00 e. The molecule has 18 nitrogen and oxygen atoms in total. The van der Waals surface area contributed by atoms with E-state index in [2.05, 4.69) is 15.6 Å². The largest absolute Gasteiger partial charge is 1.00 e. The first-order valence-electron chi connectivity index (χ1n) is 23.5. The Labute approximate surface area is 456 Å². The molecule has 2 aromatic carbocycles. The normalized spacial score (nSPS) is 19.8. The number of anilines is 1. The summed E-state index contributed by atoms with van der Waals surface area (Å²) in [4.78, 5) is 83.7. The molecule has 2 fully saturated rings. The zero-order valence-electron chi connectivity index (χ0n) is 40.7. The van der Waals surface area contributed by atoms with E-state index < -0.39 is 66.6 Å². The third kappa shape index (κ3) is 12.8. The van der Waals surface area contributed by atoms with Crippen molar-refractivity contribution in [1.82, 2.24) is 10.1 Å². The van der Waals surface area contributed by atoms with E-state index in [4.69, 9.17) is 9.68 Å². The summed E-state index contributed by atoms with van der Waals surface area (Å²) in [6.45, 7) is 8.87. The molecule has 71 heavy (non-hydrogen) atoms. The summed E-state index contributed by atoms with van der Waals surface area (Å²) < 4.78 is 74.8. The number of hydrogen-bond donors (Lipinski definition) is 0. The van der Waals surface area contributed by atoms with Crippen LogP contribution in [-0.4, -0.2) is 95.0 Å². The number of hydroxylamine groups is 4. The van der Waals surface area contributed by atoms with Gasteiger partial charge in [-0.2, -0.15) is 4.58 Å². The standard InChI is InChI=1S/C50H58N4O14S2.K/c1-49(2)37-31-35(69(61,62)63)18-20-39(37)51(28-9-5-7-14-47(59)67-53-43(55)24-25-44(53)56)41(49)22-16-33-12-11-13-34(30-33)17-23-42-50(3,4)38-32-36(70(64,65)66)19-21-40(38)52(42)29-10-6-8-15-48(60)68-54-45(57)26-27-46(54)58;/h16-23,30-32H,5-15,24-29H2,1-4H3,(H-,61,62,63,64,65,66);/q;+1/p-1. The first kappa shape index (κ1) is 55.9. The van der Waals surface area contributed by atoms with Gasteiger partial charge in [-0.3, -0.25) is 19.2 Å². The molecule has 0 bridgehead atoms. The predicted molar refractivity (Wildman–Crippen MR) is 251 cm³/mol. The molecule has 2 aromatic rings. The van der Waals surface area contributed by atoms with Crippen LogP contribution in [-0.2, 0) is 69.5 Å². The quantitative estimate of drug-likeness (QED) is 0.0643. The molecule has 5 aliphatic rings. The van der Waals surface area contributed by atoms with Gasteiger partial charge in [-0.25, -0.2) is 26.4 Å². The Morgan fingerprint density at radius 2 is 1.20 bits per heavy atom. The van der Waals surface area contributed by atoms with E-state index in [1.54, 1.807) is 12.1 Å². The van der Waals surface area contributed by atoms with E-state index >= 15 is 0 Å². The van der Waals surface area contributed by atoms with Gasteiger partial charge in [-0.1, -0.05) is 38.5 Å². The third-order valence-electron chi connectivity index (χ3n) is 13.4. The number of nitrogens with zero attached hydrogens (tertiary/aromatic N) is 4. The van der Waals surface area contributed by atoms with Crippen molar-refractivity contribution in [3.8, 4) is 0 Å². The molecule has 0 spiro atoms. The molecule has 4 heterocycles. The van der Waals surface area contributed by atoms with Crippen LogP contribution in [0.2, 0.25) is 0 Å². The van der Waals surface area contributed by atoms with Crippen LogP contribution in [0, 0.1) is 0 Å². The molecule has 0 unspecified atom stereocenters. The average molecular weight is 1040 g/mol. The Kier molecular flexibility index (Phi) is 17.9. The van der Waals surface area contributed by atoms with Crippen LogP contribution in [0.25, 0.3) is 0 Å². The van der Waals surface area contributed by atoms with Gasteiger partial charge in [0.2, 0.25) is 5.69 Å². The molecule has 4 amide bonds. The van der Waals surface area contributed by atoms with Crippen molar-refractivity contribution in [2.45, 2.75) is 145 Å². The van der Waals surface area contributed by atoms with Gasteiger partial charge in [0.1, 0.15) is 26.8 Å². The number of benzene rings is 2. The number of unbranched alkanes of at least 4 members (excludes halogenated alkanes) is 4. The molecule has 0 radical (unpaired) electrons. The van der Waals surface area contributed by atoms with Crippen LogP contribution < -0.4 is 56.3 Å². The van der Waals surface area contributed by atoms with E-state index in [1.807, 2.05) is 52.0 Å². The Morgan fingerprint density at radius 3 is 1.76 bits per heavy atom. The Morgan fingerprint density at radius 1 is 0.662 bits per heavy atom. The van der Waals surface area contributed by atoms with Crippen molar-refractivity contribution >= 4 is 72.9 Å². The van der Waals surface area contributed by atoms with E-state index in [0.717, 1.165) is 53.2 Å². The van der Waals surface area contributed by atoms with Gasteiger partial charge in [0.25, 0.3) is 23.6 Å². The minimum Gasteiger partial charge on any atom is -0.744 e. The van der Waals surface area contributed by atoms with Crippen molar-refractivity contribution in [1.29, 1.82) is 0 Å². The van der Waals surface area contributed by atoms with Crippen molar-refractivity contribution in [2.24, 2.45) is 0 Å². The molecule has 4 aliphatic heterocycles. The molecule has 2 saturated heterocycles. The van der Waals surface area contributed by atoms with Crippen molar-refractivity contribution < 1.29 is 120 Å². The van der Waals surface area contributed by atoms with Crippen LogP contribution in [0.3, 0.4) is 0 Å². The van der Waals surface area contributed by atoms with Crippen molar-refractivity contribution in [2.75, 3.05) is 18.0 Å². The monoisotopic (exact) mass is 1040 g/mol. The third-order valence-corrected chi connectivity index (χ3v) is 15.1. The van der Waals surface area contributed by atoms with E-state index in [1.165, 1.54) is 24.3 Å². The number of rotatable bonds is 19. The molecule has 374 valence electrons. The molecule has 21 heteroatoms. The van der Waals surface area contributed by atoms with E-state index in [9.17, 15) is 54.7 Å². The van der Waals surface area contributed by atoms with Gasteiger partial charge >= 0.3 is 63.3 Å². The number of carbonyl (C=O) groups excluding carboxylic acids is 6. The number of allylic oxidation sites excluding steroid dienone is 8. The smallest absolute Gasteiger partial charge is 0.744 e. The summed E-state index contributed by atoms with van der Waals surface area (Å²) in [6.07, 6.45) is 16.0. The second-order valence-corrected chi connectivity index (χ2v) is 21.9. The second-order valence-electron chi connectivity index (χ2n) is 19.1. The first-order chi connectivity index (χ1) is 33.0. The molecular weight excluding hydrogens is 984 g/mol. The minimum atomic E-state index is -4.73. The molecular formula is C50H57KN4O14S2. The molecule has 0 saturated carbocycles. The molecule has 1 aliphatic carbocycles.